The molecule has 2 aromatic heterocycles. The van der Waals surface area contributed by atoms with Crippen molar-refractivity contribution in [2.75, 3.05) is 6.61 Å². The zero-order chi connectivity index (χ0) is 25.9. The zero-order valence-corrected chi connectivity index (χ0v) is 19.5. The van der Waals surface area contributed by atoms with Gasteiger partial charge in [0, 0.05) is 6.20 Å². The number of fused-ring (bicyclic) bond motifs is 1. The Hall–Kier alpha value is -3.99. The van der Waals surface area contributed by atoms with Gasteiger partial charge >= 0.3 is 12.1 Å². The van der Waals surface area contributed by atoms with Crippen LogP contribution in [0.4, 0.5) is 13.2 Å². The minimum Gasteiger partial charge on any atom is -0.487 e. The van der Waals surface area contributed by atoms with E-state index in [-0.39, 0.29) is 25.0 Å². The molecule has 0 aliphatic rings. The second-order valence-corrected chi connectivity index (χ2v) is 8.26. The Bertz CT molecular complexity index is 1380. The van der Waals surface area contributed by atoms with Gasteiger partial charge in [-0.1, -0.05) is 24.3 Å². The van der Waals surface area contributed by atoms with Crippen molar-refractivity contribution >= 4 is 5.65 Å². The smallest absolute Gasteiger partial charge is 0.487 e. The van der Waals surface area contributed by atoms with Crippen LogP contribution in [0.3, 0.4) is 0 Å². The Labute approximate surface area is 204 Å². The molecule has 0 aliphatic carbocycles. The van der Waals surface area contributed by atoms with Crippen molar-refractivity contribution in [3.05, 3.63) is 77.3 Å². The average Bonchev–Trinajstić information content (AvgIpc) is 3.12. The van der Waals surface area contributed by atoms with Gasteiger partial charge < -0.3 is 19.3 Å². The number of aliphatic hydroxyl groups excluding tert-OH is 1. The van der Waals surface area contributed by atoms with E-state index in [0.29, 0.717) is 28.3 Å². The van der Waals surface area contributed by atoms with Crippen LogP contribution in [0.2, 0.25) is 0 Å². The lowest BCUT2D eigenvalue weighted by atomic mass is 10.1. The fourth-order valence-corrected chi connectivity index (χ4v) is 3.52. The number of rotatable bonds is 9. The highest BCUT2D eigenvalue weighted by Crippen LogP contribution is 2.28. The summed E-state index contributed by atoms with van der Waals surface area (Å²) in [6, 6.07) is 15.7. The molecule has 190 valence electrons. The Balaban J connectivity index is 1.46. The first-order valence-corrected chi connectivity index (χ1v) is 11.1. The number of hydrogen-bond donors (Lipinski definition) is 1. The molecule has 0 saturated carbocycles. The van der Waals surface area contributed by atoms with E-state index in [9.17, 15) is 23.1 Å². The van der Waals surface area contributed by atoms with Crippen LogP contribution in [-0.2, 0) is 6.54 Å². The lowest BCUT2D eigenvalue weighted by molar-refractivity contribution is -0.274. The maximum Gasteiger partial charge on any atom is 0.573 e. The molecule has 2 aromatic carbocycles. The molecule has 2 heterocycles. The van der Waals surface area contributed by atoms with E-state index in [4.69, 9.17) is 9.47 Å². The van der Waals surface area contributed by atoms with Crippen molar-refractivity contribution in [3.8, 4) is 28.4 Å². The Morgan fingerprint density at radius 2 is 1.64 bits per heavy atom. The number of halogens is 3. The fraction of sp³-hybridized carbons (Fsp3) is 0.280. The molecule has 8 nitrogen and oxygen atoms in total. The predicted molar refractivity (Wildman–Crippen MR) is 125 cm³/mol. The number of aromatic nitrogens is 3. The van der Waals surface area contributed by atoms with Gasteiger partial charge in [-0.05, 0) is 61.4 Å². The largest absolute Gasteiger partial charge is 0.573 e. The molecule has 0 amide bonds. The van der Waals surface area contributed by atoms with E-state index in [1.807, 2.05) is 19.9 Å². The molecule has 4 aromatic rings. The van der Waals surface area contributed by atoms with Crippen LogP contribution in [0.25, 0.3) is 16.8 Å². The number of hydrogen-bond acceptors (Lipinski definition) is 6. The molecule has 1 atom stereocenters. The third kappa shape index (κ3) is 6.16. The van der Waals surface area contributed by atoms with Gasteiger partial charge in [0.2, 0.25) is 0 Å². The molecular weight excluding hydrogens is 479 g/mol. The molecule has 0 saturated heterocycles. The minimum absolute atomic E-state index is 0.0488. The van der Waals surface area contributed by atoms with Crippen molar-refractivity contribution in [3.63, 3.8) is 0 Å². The maximum atomic E-state index is 12.9. The third-order valence-electron chi connectivity index (χ3n) is 5.02. The van der Waals surface area contributed by atoms with Gasteiger partial charge in [0.25, 0.3) is 0 Å². The van der Waals surface area contributed by atoms with Crippen molar-refractivity contribution < 1.29 is 32.5 Å². The number of nitrogens with zero attached hydrogens (tertiary/aromatic N) is 3. The quantitative estimate of drug-likeness (QED) is 0.367. The van der Waals surface area contributed by atoms with E-state index < -0.39 is 18.2 Å². The normalized spacial score (nSPS) is 12.6. The summed E-state index contributed by atoms with van der Waals surface area (Å²) >= 11 is 0. The van der Waals surface area contributed by atoms with Crippen LogP contribution < -0.4 is 19.9 Å². The lowest BCUT2D eigenvalue weighted by Gasteiger charge is -2.16. The van der Waals surface area contributed by atoms with E-state index >= 15 is 0 Å². The number of pyridine rings is 1. The van der Waals surface area contributed by atoms with E-state index in [1.165, 1.54) is 34.9 Å². The zero-order valence-electron chi connectivity index (χ0n) is 19.5. The molecule has 1 unspecified atom stereocenters. The summed E-state index contributed by atoms with van der Waals surface area (Å²) in [5.74, 6) is 0.686. The topological polar surface area (TPSA) is 87.2 Å². The molecule has 0 aliphatic heterocycles. The standard InChI is InChI=1S/C25H24F3N3O5/c1-16(2)35-22-6-4-3-5-21(22)34-15-19(32)14-31-24(33)30-13-18(9-12-23(30)29-31)17-7-10-20(11-8-17)36-25(26,27)28/h3-13,16,19,32H,14-15H2,1-2H3. The SMILES string of the molecule is CC(C)Oc1ccccc1OCC(O)Cn1nc2ccc(-c3ccc(OC(F)(F)F)cc3)cn2c1=O. The van der Waals surface area contributed by atoms with Crippen LogP contribution in [0, 0.1) is 0 Å². The maximum absolute atomic E-state index is 12.9. The van der Waals surface area contributed by atoms with E-state index in [0.717, 1.165) is 4.68 Å². The molecule has 0 spiro atoms. The molecule has 11 heteroatoms. The van der Waals surface area contributed by atoms with Gasteiger partial charge in [-0.3, -0.25) is 0 Å². The summed E-state index contributed by atoms with van der Waals surface area (Å²) in [5.41, 5.74) is 1.05. The summed E-state index contributed by atoms with van der Waals surface area (Å²) in [6.45, 7) is 3.59. The van der Waals surface area contributed by atoms with Crippen LogP contribution in [0.1, 0.15) is 13.8 Å². The minimum atomic E-state index is -4.77. The Morgan fingerprint density at radius 1 is 0.972 bits per heavy atom. The van der Waals surface area contributed by atoms with Gasteiger partial charge in [0.05, 0.1) is 12.6 Å². The molecular formula is C25H24F3N3O5. The fourth-order valence-electron chi connectivity index (χ4n) is 3.52. The Morgan fingerprint density at radius 3 is 2.31 bits per heavy atom. The van der Waals surface area contributed by atoms with Crippen LogP contribution >= 0.6 is 0 Å². The highest BCUT2D eigenvalue weighted by Gasteiger charge is 2.31. The van der Waals surface area contributed by atoms with Crippen molar-refractivity contribution in [2.24, 2.45) is 0 Å². The van der Waals surface area contributed by atoms with Crippen molar-refractivity contribution in [1.82, 2.24) is 14.2 Å². The first kappa shape index (κ1) is 25.1. The molecule has 4 rings (SSSR count). The van der Waals surface area contributed by atoms with Gasteiger partial charge in [0.1, 0.15) is 18.5 Å². The first-order chi connectivity index (χ1) is 17.1. The van der Waals surface area contributed by atoms with Crippen molar-refractivity contribution in [2.45, 2.75) is 39.0 Å². The molecule has 0 radical (unpaired) electrons. The van der Waals surface area contributed by atoms with Gasteiger partial charge in [-0.2, -0.15) is 0 Å². The number of para-hydroxylation sites is 2. The van der Waals surface area contributed by atoms with Crippen LogP contribution in [-0.4, -0.2) is 44.5 Å². The van der Waals surface area contributed by atoms with Crippen LogP contribution in [0.15, 0.2) is 71.7 Å². The third-order valence-corrected chi connectivity index (χ3v) is 5.02. The highest BCUT2D eigenvalue weighted by molar-refractivity contribution is 5.65. The number of alkyl halides is 3. The highest BCUT2D eigenvalue weighted by atomic mass is 19.4. The summed E-state index contributed by atoms with van der Waals surface area (Å²) in [5, 5.41) is 14.7. The number of benzene rings is 2. The molecule has 0 fully saturated rings. The summed E-state index contributed by atoms with van der Waals surface area (Å²) in [7, 11) is 0. The van der Waals surface area contributed by atoms with Gasteiger partial charge in [0.15, 0.2) is 17.1 Å². The van der Waals surface area contributed by atoms with Crippen LogP contribution in [0.5, 0.6) is 17.2 Å². The first-order valence-electron chi connectivity index (χ1n) is 11.1. The summed E-state index contributed by atoms with van der Waals surface area (Å²) < 4.78 is 54.8. The lowest BCUT2D eigenvalue weighted by Crippen LogP contribution is -2.30. The Kier molecular flexibility index (Phi) is 7.20. The second-order valence-electron chi connectivity index (χ2n) is 8.26. The number of ether oxygens (including phenoxy) is 3. The monoisotopic (exact) mass is 503 g/mol. The molecule has 36 heavy (non-hydrogen) atoms. The van der Waals surface area contributed by atoms with E-state index in [2.05, 4.69) is 9.84 Å². The van der Waals surface area contributed by atoms with Gasteiger partial charge in [-0.15, -0.1) is 18.3 Å². The van der Waals surface area contributed by atoms with E-state index in [1.54, 1.807) is 30.3 Å². The molecule has 0 bridgehead atoms. The second kappa shape index (κ2) is 10.3. The van der Waals surface area contributed by atoms with Crippen molar-refractivity contribution in [1.29, 1.82) is 0 Å². The summed E-state index contributed by atoms with van der Waals surface area (Å²) in [4.78, 5) is 12.9. The predicted octanol–water partition coefficient (Wildman–Crippen LogP) is 4.29. The molecule has 1 N–H and O–H groups in total. The average molecular weight is 503 g/mol. The number of aliphatic hydroxyl groups is 1. The van der Waals surface area contributed by atoms with Gasteiger partial charge in [-0.25, -0.2) is 13.9 Å². The summed E-state index contributed by atoms with van der Waals surface area (Å²) in [6.07, 6.45) is -4.32.